The fraction of sp³-hybridized carbons (Fsp3) is 0.158. The molecule has 7 nitrogen and oxygen atoms in total. The first kappa shape index (κ1) is 18.7. The first-order valence-corrected chi connectivity index (χ1v) is 9.54. The molecule has 0 spiro atoms. The Bertz CT molecular complexity index is 1070. The number of ether oxygens (including phenoxy) is 1. The van der Waals surface area contributed by atoms with Gasteiger partial charge in [0.15, 0.2) is 5.89 Å². The molecule has 1 aromatic heterocycles. The second-order valence-corrected chi connectivity index (χ2v) is 7.52. The summed E-state index contributed by atoms with van der Waals surface area (Å²) in [5, 5.41) is 0. The molecule has 3 rings (SSSR count). The molecule has 1 heterocycles. The number of carbonyl (C=O) groups is 1. The number of nitrogens with one attached hydrogen (secondary N) is 1. The van der Waals surface area contributed by atoms with E-state index in [4.69, 9.17) is 4.42 Å². The van der Waals surface area contributed by atoms with Gasteiger partial charge in [-0.25, -0.2) is 18.2 Å². The lowest BCUT2D eigenvalue weighted by atomic mass is 10.1. The summed E-state index contributed by atoms with van der Waals surface area (Å²) < 4.78 is 37.6. The molecule has 0 amide bonds. The highest BCUT2D eigenvalue weighted by molar-refractivity contribution is 7.92. The van der Waals surface area contributed by atoms with E-state index in [1.807, 2.05) is 0 Å². The summed E-state index contributed by atoms with van der Waals surface area (Å²) >= 11 is 0. The van der Waals surface area contributed by atoms with Gasteiger partial charge in [-0.2, -0.15) is 0 Å². The monoisotopic (exact) mass is 386 g/mol. The normalized spacial score (nSPS) is 11.2. The molecule has 0 saturated heterocycles. The molecular formula is C19H18N2O5S. The number of aryl methyl sites for hydroxylation is 2. The molecule has 0 aliphatic heterocycles. The summed E-state index contributed by atoms with van der Waals surface area (Å²) in [5.74, 6) is 0.738. The van der Waals surface area contributed by atoms with Crippen LogP contribution in [-0.4, -0.2) is 26.5 Å². The molecule has 0 saturated carbocycles. The van der Waals surface area contributed by atoms with E-state index in [0.29, 0.717) is 28.6 Å². The maximum atomic E-state index is 12.6. The molecule has 140 valence electrons. The van der Waals surface area contributed by atoms with Crippen molar-refractivity contribution >= 4 is 21.7 Å². The van der Waals surface area contributed by atoms with Crippen molar-refractivity contribution in [1.82, 2.24) is 4.98 Å². The van der Waals surface area contributed by atoms with Crippen molar-refractivity contribution in [3.05, 3.63) is 65.7 Å². The molecule has 27 heavy (non-hydrogen) atoms. The van der Waals surface area contributed by atoms with Gasteiger partial charge >= 0.3 is 5.97 Å². The third-order valence-electron chi connectivity index (χ3n) is 3.90. The molecule has 1 N–H and O–H groups in total. The number of methoxy groups -OCH3 is 1. The van der Waals surface area contributed by atoms with E-state index in [-0.39, 0.29) is 4.90 Å². The molecule has 0 radical (unpaired) electrons. The standard InChI is InChI=1S/C19H18N2O5S/c1-12-18(20-13(2)26-12)14-6-10-17(11-7-14)27(23,24)21-16-8-4-15(5-9-16)19(22)25-3/h4-11,21H,1-3H3. The zero-order chi connectivity index (χ0) is 19.6. The van der Waals surface area contributed by atoms with E-state index in [0.717, 1.165) is 5.56 Å². The Hall–Kier alpha value is -3.13. The van der Waals surface area contributed by atoms with Crippen molar-refractivity contribution in [3.8, 4) is 11.3 Å². The largest absolute Gasteiger partial charge is 0.465 e. The van der Waals surface area contributed by atoms with Gasteiger partial charge in [0.2, 0.25) is 0 Å². The van der Waals surface area contributed by atoms with Gasteiger partial charge in [0.25, 0.3) is 10.0 Å². The number of rotatable bonds is 5. The van der Waals surface area contributed by atoms with Crippen molar-refractivity contribution < 1.29 is 22.4 Å². The topological polar surface area (TPSA) is 98.5 Å². The van der Waals surface area contributed by atoms with Gasteiger partial charge in [0.05, 0.1) is 17.6 Å². The first-order chi connectivity index (χ1) is 12.8. The van der Waals surface area contributed by atoms with E-state index in [1.165, 1.54) is 43.5 Å². The predicted molar refractivity (Wildman–Crippen MR) is 100 cm³/mol. The van der Waals surface area contributed by atoms with Crippen LogP contribution in [0.5, 0.6) is 0 Å². The van der Waals surface area contributed by atoms with Crippen molar-refractivity contribution in [1.29, 1.82) is 0 Å². The van der Waals surface area contributed by atoms with Gasteiger partial charge in [0, 0.05) is 18.2 Å². The van der Waals surface area contributed by atoms with E-state index in [2.05, 4.69) is 14.4 Å². The predicted octanol–water partition coefficient (Wildman–Crippen LogP) is 3.55. The van der Waals surface area contributed by atoms with Crippen molar-refractivity contribution in [2.75, 3.05) is 11.8 Å². The van der Waals surface area contributed by atoms with Gasteiger partial charge in [-0.15, -0.1) is 0 Å². The molecule has 0 aliphatic carbocycles. The Kier molecular flexibility index (Phi) is 5.00. The second kappa shape index (κ2) is 7.24. The number of oxazole rings is 1. The van der Waals surface area contributed by atoms with Crippen LogP contribution in [0.15, 0.2) is 57.8 Å². The fourth-order valence-electron chi connectivity index (χ4n) is 2.59. The molecular weight excluding hydrogens is 368 g/mol. The third kappa shape index (κ3) is 4.01. The quantitative estimate of drug-likeness (QED) is 0.674. The van der Waals surface area contributed by atoms with Crippen LogP contribution in [0.2, 0.25) is 0 Å². The fourth-order valence-corrected chi connectivity index (χ4v) is 3.65. The van der Waals surface area contributed by atoms with Crippen LogP contribution in [0.1, 0.15) is 22.0 Å². The summed E-state index contributed by atoms with van der Waals surface area (Å²) in [5.41, 5.74) is 2.13. The van der Waals surface area contributed by atoms with Crippen LogP contribution in [0.25, 0.3) is 11.3 Å². The highest BCUT2D eigenvalue weighted by atomic mass is 32.2. The van der Waals surface area contributed by atoms with Crippen LogP contribution in [0.3, 0.4) is 0 Å². The molecule has 8 heteroatoms. The molecule has 0 bridgehead atoms. The van der Waals surface area contributed by atoms with Gasteiger partial charge in [-0.3, -0.25) is 4.72 Å². The van der Waals surface area contributed by atoms with Crippen LogP contribution in [0, 0.1) is 13.8 Å². The summed E-state index contributed by atoms with van der Waals surface area (Å²) in [6, 6.07) is 12.3. The number of esters is 1. The maximum absolute atomic E-state index is 12.6. The second-order valence-electron chi connectivity index (χ2n) is 5.84. The number of sulfonamides is 1. The van der Waals surface area contributed by atoms with Crippen molar-refractivity contribution in [3.63, 3.8) is 0 Å². The Labute approximate surface area is 157 Å². The summed E-state index contributed by atoms with van der Waals surface area (Å²) in [6.45, 7) is 3.56. The van der Waals surface area contributed by atoms with Crippen molar-refractivity contribution in [2.24, 2.45) is 0 Å². The Morgan fingerprint density at radius 1 is 1.04 bits per heavy atom. The summed E-state index contributed by atoms with van der Waals surface area (Å²) in [4.78, 5) is 15.8. The minimum atomic E-state index is -3.77. The lowest BCUT2D eigenvalue weighted by Gasteiger charge is -2.09. The SMILES string of the molecule is COC(=O)c1ccc(NS(=O)(=O)c2ccc(-c3nc(C)oc3C)cc2)cc1. The molecule has 0 atom stereocenters. The van der Waals surface area contributed by atoms with E-state index >= 15 is 0 Å². The van der Waals surface area contributed by atoms with Crippen LogP contribution in [0.4, 0.5) is 5.69 Å². The van der Waals surface area contributed by atoms with Gasteiger partial charge < -0.3 is 9.15 Å². The number of hydrogen-bond donors (Lipinski definition) is 1. The molecule has 3 aromatic rings. The summed E-state index contributed by atoms with van der Waals surface area (Å²) in [7, 11) is -2.48. The lowest BCUT2D eigenvalue weighted by molar-refractivity contribution is 0.0600. The highest BCUT2D eigenvalue weighted by Gasteiger charge is 2.16. The number of nitrogens with zero attached hydrogens (tertiary/aromatic N) is 1. The zero-order valence-corrected chi connectivity index (χ0v) is 15.8. The maximum Gasteiger partial charge on any atom is 0.337 e. The zero-order valence-electron chi connectivity index (χ0n) is 15.0. The third-order valence-corrected chi connectivity index (χ3v) is 5.30. The minimum absolute atomic E-state index is 0.112. The molecule has 0 fully saturated rings. The average molecular weight is 386 g/mol. The van der Waals surface area contributed by atoms with E-state index in [1.54, 1.807) is 26.0 Å². The Morgan fingerprint density at radius 3 is 2.19 bits per heavy atom. The summed E-state index contributed by atoms with van der Waals surface area (Å²) in [6.07, 6.45) is 0. The number of benzene rings is 2. The van der Waals surface area contributed by atoms with Gasteiger partial charge in [0.1, 0.15) is 11.5 Å². The van der Waals surface area contributed by atoms with Gasteiger partial charge in [-0.1, -0.05) is 12.1 Å². The Balaban J connectivity index is 1.80. The van der Waals surface area contributed by atoms with E-state index < -0.39 is 16.0 Å². The van der Waals surface area contributed by atoms with Gasteiger partial charge in [-0.05, 0) is 43.3 Å². The number of carbonyl (C=O) groups excluding carboxylic acids is 1. The molecule has 2 aromatic carbocycles. The first-order valence-electron chi connectivity index (χ1n) is 8.06. The minimum Gasteiger partial charge on any atom is -0.465 e. The van der Waals surface area contributed by atoms with Crippen molar-refractivity contribution in [2.45, 2.75) is 18.7 Å². The number of anilines is 1. The Morgan fingerprint density at radius 2 is 1.67 bits per heavy atom. The van der Waals surface area contributed by atoms with Crippen LogP contribution in [-0.2, 0) is 14.8 Å². The number of hydrogen-bond acceptors (Lipinski definition) is 6. The smallest absolute Gasteiger partial charge is 0.337 e. The van der Waals surface area contributed by atoms with Crippen LogP contribution < -0.4 is 4.72 Å². The average Bonchev–Trinajstić information content (AvgIpc) is 2.99. The molecule has 0 aliphatic rings. The van der Waals surface area contributed by atoms with E-state index in [9.17, 15) is 13.2 Å². The van der Waals surface area contributed by atoms with Crippen LogP contribution >= 0.6 is 0 Å². The number of aromatic nitrogens is 1. The lowest BCUT2D eigenvalue weighted by Crippen LogP contribution is -2.13. The molecule has 0 unspecified atom stereocenters. The highest BCUT2D eigenvalue weighted by Crippen LogP contribution is 2.25.